The molecule has 1 unspecified atom stereocenters. The summed E-state index contributed by atoms with van der Waals surface area (Å²) in [7, 11) is 4.06. The molecule has 21 heavy (non-hydrogen) atoms. The van der Waals surface area contributed by atoms with Gasteiger partial charge in [0.15, 0.2) is 0 Å². The molecule has 4 heteroatoms. The van der Waals surface area contributed by atoms with Gasteiger partial charge in [-0.3, -0.25) is 4.90 Å². The molecule has 0 saturated carbocycles. The van der Waals surface area contributed by atoms with Crippen LogP contribution in [0.5, 0.6) is 0 Å². The van der Waals surface area contributed by atoms with Crippen molar-refractivity contribution in [3.05, 3.63) is 70.1 Å². The SMILES string of the molecule is CN(C)C(c1ccc(F)c(Br)c1)c1c[nH]c2ccccc12. The lowest BCUT2D eigenvalue weighted by atomic mass is 9.97. The standard InChI is InChI=1S/C17H16BrFN2/c1-21(2)17(11-7-8-15(19)14(18)9-11)13-10-20-16-6-4-3-5-12(13)16/h3-10,17,20H,1-2H3. The summed E-state index contributed by atoms with van der Waals surface area (Å²) in [5.74, 6) is -0.241. The molecule has 1 N–H and O–H groups in total. The van der Waals surface area contributed by atoms with Gasteiger partial charge in [0.25, 0.3) is 0 Å². The van der Waals surface area contributed by atoms with E-state index in [0.29, 0.717) is 4.47 Å². The first kappa shape index (κ1) is 14.3. The number of halogens is 2. The van der Waals surface area contributed by atoms with E-state index in [4.69, 9.17) is 0 Å². The monoisotopic (exact) mass is 346 g/mol. The molecule has 0 radical (unpaired) electrons. The first-order valence-electron chi connectivity index (χ1n) is 6.75. The lowest BCUT2D eigenvalue weighted by Gasteiger charge is -2.25. The van der Waals surface area contributed by atoms with Gasteiger partial charge in [0, 0.05) is 17.1 Å². The number of aromatic amines is 1. The van der Waals surface area contributed by atoms with E-state index in [9.17, 15) is 4.39 Å². The molecule has 0 aliphatic heterocycles. The van der Waals surface area contributed by atoms with Gasteiger partial charge in [-0.15, -0.1) is 0 Å². The molecule has 2 nitrogen and oxygen atoms in total. The minimum atomic E-state index is -0.241. The van der Waals surface area contributed by atoms with Crippen LogP contribution in [0.2, 0.25) is 0 Å². The van der Waals surface area contributed by atoms with Gasteiger partial charge in [0.05, 0.1) is 10.5 Å². The topological polar surface area (TPSA) is 19.0 Å². The number of nitrogens with zero attached hydrogens (tertiary/aromatic N) is 1. The van der Waals surface area contributed by atoms with E-state index in [-0.39, 0.29) is 11.9 Å². The molecule has 1 atom stereocenters. The molecule has 0 fully saturated rings. The maximum Gasteiger partial charge on any atom is 0.137 e. The average molecular weight is 347 g/mol. The van der Waals surface area contributed by atoms with Gasteiger partial charge in [0.2, 0.25) is 0 Å². The van der Waals surface area contributed by atoms with Crippen LogP contribution in [0.4, 0.5) is 4.39 Å². The number of benzene rings is 2. The van der Waals surface area contributed by atoms with Gasteiger partial charge in [-0.1, -0.05) is 24.3 Å². The lowest BCUT2D eigenvalue weighted by molar-refractivity contribution is 0.343. The zero-order valence-electron chi connectivity index (χ0n) is 11.9. The Morgan fingerprint density at radius 3 is 2.62 bits per heavy atom. The molecule has 0 aliphatic carbocycles. The normalized spacial score (nSPS) is 13.0. The van der Waals surface area contributed by atoms with Gasteiger partial charge in [-0.2, -0.15) is 0 Å². The third-order valence-corrected chi connectivity index (χ3v) is 4.30. The van der Waals surface area contributed by atoms with Crippen molar-refractivity contribution < 1.29 is 4.39 Å². The van der Waals surface area contributed by atoms with Crippen LogP contribution in [0.25, 0.3) is 10.9 Å². The Bertz CT molecular complexity index is 779. The van der Waals surface area contributed by atoms with Crippen molar-refractivity contribution in [2.24, 2.45) is 0 Å². The summed E-state index contributed by atoms with van der Waals surface area (Å²) in [6.45, 7) is 0. The second-order valence-electron chi connectivity index (χ2n) is 5.33. The van der Waals surface area contributed by atoms with E-state index in [1.807, 2.05) is 44.6 Å². The summed E-state index contributed by atoms with van der Waals surface area (Å²) in [6, 6.07) is 13.5. The second-order valence-corrected chi connectivity index (χ2v) is 6.18. The summed E-state index contributed by atoms with van der Waals surface area (Å²) in [6.07, 6.45) is 2.03. The van der Waals surface area contributed by atoms with E-state index < -0.39 is 0 Å². The van der Waals surface area contributed by atoms with Crippen LogP contribution < -0.4 is 0 Å². The van der Waals surface area contributed by atoms with E-state index in [0.717, 1.165) is 11.1 Å². The first-order valence-corrected chi connectivity index (χ1v) is 7.54. The van der Waals surface area contributed by atoms with Crippen molar-refractivity contribution in [3.63, 3.8) is 0 Å². The minimum Gasteiger partial charge on any atom is -0.361 e. The fraction of sp³-hybridized carbons (Fsp3) is 0.176. The van der Waals surface area contributed by atoms with Gasteiger partial charge in [0.1, 0.15) is 5.82 Å². The largest absolute Gasteiger partial charge is 0.361 e. The Hall–Kier alpha value is -1.65. The third kappa shape index (κ3) is 2.61. The zero-order chi connectivity index (χ0) is 15.0. The summed E-state index contributed by atoms with van der Waals surface area (Å²) in [4.78, 5) is 5.44. The van der Waals surface area contributed by atoms with Crippen molar-refractivity contribution in [2.75, 3.05) is 14.1 Å². The van der Waals surface area contributed by atoms with Crippen molar-refractivity contribution in [2.45, 2.75) is 6.04 Å². The van der Waals surface area contributed by atoms with Crippen LogP contribution >= 0.6 is 15.9 Å². The second kappa shape index (κ2) is 5.62. The van der Waals surface area contributed by atoms with Crippen LogP contribution in [0.1, 0.15) is 17.2 Å². The van der Waals surface area contributed by atoms with E-state index in [1.165, 1.54) is 17.0 Å². The molecular weight excluding hydrogens is 331 g/mol. The number of rotatable bonds is 3. The van der Waals surface area contributed by atoms with Crippen molar-refractivity contribution >= 4 is 26.8 Å². The highest BCUT2D eigenvalue weighted by molar-refractivity contribution is 9.10. The molecule has 0 aliphatic rings. The maximum atomic E-state index is 13.5. The summed E-state index contributed by atoms with van der Waals surface area (Å²) in [5, 5.41) is 1.19. The van der Waals surface area contributed by atoms with Gasteiger partial charge < -0.3 is 4.98 Å². The number of aromatic nitrogens is 1. The molecule has 1 heterocycles. The molecule has 0 amide bonds. The van der Waals surface area contributed by atoms with Crippen molar-refractivity contribution in [3.8, 4) is 0 Å². The summed E-state index contributed by atoms with van der Waals surface area (Å²) >= 11 is 3.28. The predicted molar refractivity (Wildman–Crippen MR) is 87.9 cm³/mol. The van der Waals surface area contributed by atoms with Crippen LogP contribution in [-0.4, -0.2) is 24.0 Å². The van der Waals surface area contributed by atoms with Gasteiger partial charge in [-0.05, 0) is 59.4 Å². The van der Waals surface area contributed by atoms with Crippen LogP contribution in [0.3, 0.4) is 0 Å². The van der Waals surface area contributed by atoms with Crippen LogP contribution in [0.15, 0.2) is 53.1 Å². The molecule has 3 rings (SSSR count). The van der Waals surface area contributed by atoms with Crippen LogP contribution in [0, 0.1) is 5.82 Å². The smallest absolute Gasteiger partial charge is 0.137 e. The lowest BCUT2D eigenvalue weighted by Crippen LogP contribution is -2.21. The Kier molecular flexibility index (Phi) is 3.83. The quantitative estimate of drug-likeness (QED) is 0.726. The van der Waals surface area contributed by atoms with Crippen molar-refractivity contribution in [1.82, 2.24) is 9.88 Å². The molecule has 0 spiro atoms. The zero-order valence-corrected chi connectivity index (χ0v) is 13.5. The summed E-state index contributed by atoms with van der Waals surface area (Å²) in [5.41, 5.74) is 3.35. The Morgan fingerprint density at radius 2 is 1.90 bits per heavy atom. The highest BCUT2D eigenvalue weighted by atomic mass is 79.9. The number of nitrogens with one attached hydrogen (secondary N) is 1. The molecule has 108 valence electrons. The van der Waals surface area contributed by atoms with Crippen molar-refractivity contribution in [1.29, 1.82) is 0 Å². The molecule has 3 aromatic rings. The molecular formula is C17H16BrFN2. The fourth-order valence-corrected chi connectivity index (χ4v) is 3.16. The molecule has 0 bridgehead atoms. The highest BCUT2D eigenvalue weighted by Gasteiger charge is 2.20. The number of H-pyrrole nitrogens is 1. The van der Waals surface area contributed by atoms with Gasteiger partial charge >= 0.3 is 0 Å². The molecule has 0 saturated heterocycles. The fourth-order valence-electron chi connectivity index (χ4n) is 2.76. The van der Waals surface area contributed by atoms with E-state index in [2.05, 4.69) is 37.9 Å². The van der Waals surface area contributed by atoms with Gasteiger partial charge in [-0.25, -0.2) is 4.39 Å². The Labute approximate surface area is 131 Å². The maximum absolute atomic E-state index is 13.5. The van der Waals surface area contributed by atoms with Crippen LogP contribution in [-0.2, 0) is 0 Å². The number of hydrogen-bond donors (Lipinski definition) is 1. The van der Waals surface area contributed by atoms with E-state index in [1.54, 1.807) is 0 Å². The highest BCUT2D eigenvalue weighted by Crippen LogP contribution is 2.33. The minimum absolute atomic E-state index is 0.0676. The molecule has 2 aromatic carbocycles. The predicted octanol–water partition coefficient (Wildman–Crippen LogP) is 4.72. The Morgan fingerprint density at radius 1 is 1.14 bits per heavy atom. The Balaban J connectivity index is 2.16. The number of fused-ring (bicyclic) bond motifs is 1. The first-order chi connectivity index (χ1) is 10.1. The average Bonchev–Trinajstić information content (AvgIpc) is 2.87. The number of hydrogen-bond acceptors (Lipinski definition) is 1. The molecule has 1 aromatic heterocycles. The number of para-hydroxylation sites is 1. The van der Waals surface area contributed by atoms with E-state index >= 15 is 0 Å². The third-order valence-electron chi connectivity index (χ3n) is 3.69. The summed E-state index contributed by atoms with van der Waals surface area (Å²) < 4.78 is 14.0.